The van der Waals surface area contributed by atoms with Crippen molar-refractivity contribution in [2.75, 3.05) is 0 Å². The minimum atomic E-state index is -0.0298. The van der Waals surface area contributed by atoms with Crippen LogP contribution in [0.3, 0.4) is 0 Å². The molecule has 21 heavy (non-hydrogen) atoms. The van der Waals surface area contributed by atoms with E-state index >= 15 is 0 Å². The van der Waals surface area contributed by atoms with Crippen LogP contribution < -0.4 is 5.32 Å². The molecule has 0 heterocycles. The molecule has 1 atom stereocenters. The van der Waals surface area contributed by atoms with Crippen molar-refractivity contribution in [3.63, 3.8) is 0 Å². The minimum absolute atomic E-state index is 0.0298. The average Bonchev–Trinajstić information content (AvgIpc) is 2.72. The lowest BCUT2D eigenvalue weighted by Crippen LogP contribution is -2.47. The first-order valence-corrected chi connectivity index (χ1v) is 8.74. The maximum absolute atomic E-state index is 13.8. The second-order valence-corrected chi connectivity index (χ2v) is 7.09. The summed E-state index contributed by atoms with van der Waals surface area (Å²) in [5, 5.41) is 3.81. The Balaban J connectivity index is 1.47. The third-order valence-electron chi connectivity index (χ3n) is 5.59. The Morgan fingerprint density at radius 1 is 1.05 bits per heavy atom. The predicted molar refractivity (Wildman–Crippen MR) is 86.0 cm³/mol. The van der Waals surface area contributed by atoms with Crippen molar-refractivity contribution in [1.29, 1.82) is 0 Å². The van der Waals surface area contributed by atoms with Crippen LogP contribution in [0.5, 0.6) is 0 Å². The molecule has 116 valence electrons. The highest BCUT2D eigenvalue weighted by Gasteiger charge is 2.33. The molecule has 2 aliphatic rings. The van der Waals surface area contributed by atoms with Gasteiger partial charge in [-0.1, -0.05) is 43.9 Å². The van der Waals surface area contributed by atoms with E-state index in [1.165, 1.54) is 38.5 Å². The Labute approximate surface area is 128 Å². The van der Waals surface area contributed by atoms with Crippen LogP contribution in [0.1, 0.15) is 69.8 Å². The van der Waals surface area contributed by atoms with Gasteiger partial charge in [0.05, 0.1) is 0 Å². The van der Waals surface area contributed by atoms with E-state index in [0.717, 1.165) is 24.3 Å². The second-order valence-electron chi connectivity index (χ2n) is 7.09. The maximum atomic E-state index is 13.8. The van der Waals surface area contributed by atoms with Gasteiger partial charge in [-0.3, -0.25) is 0 Å². The van der Waals surface area contributed by atoms with Crippen molar-refractivity contribution < 1.29 is 4.39 Å². The van der Waals surface area contributed by atoms with Gasteiger partial charge in [-0.15, -0.1) is 0 Å². The molecule has 0 aromatic heterocycles. The number of halogens is 1. The van der Waals surface area contributed by atoms with Gasteiger partial charge in [0.15, 0.2) is 0 Å². The van der Waals surface area contributed by atoms with E-state index in [4.69, 9.17) is 0 Å². The van der Waals surface area contributed by atoms with E-state index in [2.05, 4.69) is 12.2 Å². The summed E-state index contributed by atoms with van der Waals surface area (Å²) in [6, 6.07) is 8.48. The molecule has 3 rings (SSSR count). The number of nitrogens with one attached hydrogen (secondary N) is 1. The van der Waals surface area contributed by atoms with E-state index in [0.29, 0.717) is 18.0 Å². The van der Waals surface area contributed by atoms with Crippen LogP contribution in [0.15, 0.2) is 24.3 Å². The molecule has 1 N–H and O–H groups in total. The Morgan fingerprint density at radius 3 is 2.38 bits per heavy atom. The van der Waals surface area contributed by atoms with Gasteiger partial charge in [0.2, 0.25) is 0 Å². The second kappa shape index (κ2) is 6.91. The van der Waals surface area contributed by atoms with Crippen molar-refractivity contribution in [2.45, 2.75) is 76.3 Å². The molecule has 0 radical (unpaired) electrons. The normalized spacial score (nSPS) is 28.7. The van der Waals surface area contributed by atoms with E-state index in [1.807, 2.05) is 12.1 Å². The molecule has 2 fully saturated rings. The zero-order valence-corrected chi connectivity index (χ0v) is 13.2. The van der Waals surface area contributed by atoms with Crippen LogP contribution >= 0.6 is 0 Å². The van der Waals surface area contributed by atoms with Crippen molar-refractivity contribution >= 4 is 0 Å². The zero-order valence-electron chi connectivity index (χ0n) is 13.2. The summed E-state index contributed by atoms with van der Waals surface area (Å²) >= 11 is 0. The maximum Gasteiger partial charge on any atom is 0.126 e. The summed E-state index contributed by atoms with van der Waals surface area (Å²) in [5.41, 5.74) is 0.915. The predicted octanol–water partition coefficient (Wildman–Crippen LogP) is 5.02. The molecule has 1 nitrogen and oxygen atoms in total. The van der Waals surface area contributed by atoms with Crippen LogP contribution in [-0.4, -0.2) is 12.1 Å². The number of hydrogen-bond donors (Lipinski definition) is 1. The van der Waals surface area contributed by atoms with Crippen LogP contribution in [0, 0.1) is 11.7 Å². The van der Waals surface area contributed by atoms with Gasteiger partial charge in [-0.2, -0.15) is 0 Å². The van der Waals surface area contributed by atoms with Crippen molar-refractivity contribution in [2.24, 2.45) is 5.92 Å². The van der Waals surface area contributed by atoms with E-state index in [-0.39, 0.29) is 5.82 Å². The van der Waals surface area contributed by atoms with E-state index in [1.54, 1.807) is 12.1 Å². The van der Waals surface area contributed by atoms with Gasteiger partial charge in [-0.25, -0.2) is 4.39 Å². The van der Waals surface area contributed by atoms with Crippen LogP contribution in [0.25, 0.3) is 0 Å². The molecular formula is C19H28FN. The fraction of sp³-hybridized carbons (Fsp3) is 0.684. The highest BCUT2D eigenvalue weighted by molar-refractivity contribution is 5.24. The highest BCUT2D eigenvalue weighted by atomic mass is 19.1. The quantitative estimate of drug-likeness (QED) is 0.767. The molecule has 0 bridgehead atoms. The van der Waals surface area contributed by atoms with Crippen LogP contribution in [0.4, 0.5) is 4.39 Å². The monoisotopic (exact) mass is 289 g/mol. The Morgan fingerprint density at radius 2 is 1.71 bits per heavy atom. The lowest BCUT2D eigenvalue weighted by Gasteiger charge is -2.40. The summed E-state index contributed by atoms with van der Waals surface area (Å²) in [6.07, 6.45) is 10.6. The SMILES string of the molecule is C[C@@H](NC1CC(c2ccccc2F)C1)C1CCCCCC1. The smallest absolute Gasteiger partial charge is 0.126 e. The van der Waals surface area contributed by atoms with Gasteiger partial charge in [0, 0.05) is 12.1 Å². The number of benzene rings is 1. The summed E-state index contributed by atoms with van der Waals surface area (Å²) in [7, 11) is 0. The molecule has 2 heteroatoms. The van der Waals surface area contributed by atoms with Gasteiger partial charge >= 0.3 is 0 Å². The first kappa shape index (κ1) is 15.0. The number of rotatable bonds is 4. The van der Waals surface area contributed by atoms with Crippen molar-refractivity contribution in [3.05, 3.63) is 35.6 Å². The molecular weight excluding hydrogens is 261 g/mol. The molecule has 0 amide bonds. The molecule has 0 aliphatic heterocycles. The fourth-order valence-corrected chi connectivity index (χ4v) is 4.13. The molecule has 1 aromatic rings. The van der Waals surface area contributed by atoms with E-state index < -0.39 is 0 Å². The van der Waals surface area contributed by atoms with Crippen LogP contribution in [-0.2, 0) is 0 Å². The Kier molecular flexibility index (Phi) is 4.95. The Hall–Kier alpha value is -0.890. The summed E-state index contributed by atoms with van der Waals surface area (Å²) in [5.74, 6) is 1.24. The zero-order chi connectivity index (χ0) is 14.7. The highest BCUT2D eigenvalue weighted by Crippen LogP contribution is 2.38. The van der Waals surface area contributed by atoms with Gasteiger partial charge in [-0.05, 0) is 56.1 Å². The minimum Gasteiger partial charge on any atom is -0.311 e. The first-order valence-electron chi connectivity index (χ1n) is 8.74. The standard InChI is InChI=1S/C19H28FN/c1-14(15-8-4-2-3-5-9-15)21-17-12-16(13-17)18-10-6-7-11-19(18)20/h6-7,10-11,14-17,21H,2-5,8-9,12-13H2,1H3/t14-,16?,17?/m1/s1. The van der Waals surface area contributed by atoms with E-state index in [9.17, 15) is 4.39 Å². The van der Waals surface area contributed by atoms with Crippen LogP contribution in [0.2, 0.25) is 0 Å². The van der Waals surface area contributed by atoms with Gasteiger partial charge in [0.25, 0.3) is 0 Å². The summed E-state index contributed by atoms with van der Waals surface area (Å²) < 4.78 is 13.8. The third-order valence-corrected chi connectivity index (χ3v) is 5.59. The topological polar surface area (TPSA) is 12.0 Å². The summed E-state index contributed by atoms with van der Waals surface area (Å²) in [4.78, 5) is 0. The molecule has 2 aliphatic carbocycles. The largest absolute Gasteiger partial charge is 0.311 e. The lowest BCUT2D eigenvalue weighted by molar-refractivity contribution is 0.225. The third kappa shape index (κ3) is 3.66. The molecule has 0 unspecified atom stereocenters. The van der Waals surface area contributed by atoms with Crippen molar-refractivity contribution in [1.82, 2.24) is 5.32 Å². The molecule has 1 aromatic carbocycles. The number of hydrogen-bond acceptors (Lipinski definition) is 1. The molecule has 0 saturated heterocycles. The molecule has 0 spiro atoms. The first-order chi connectivity index (χ1) is 10.2. The summed E-state index contributed by atoms with van der Waals surface area (Å²) in [6.45, 7) is 2.35. The van der Waals surface area contributed by atoms with Crippen molar-refractivity contribution in [3.8, 4) is 0 Å². The lowest BCUT2D eigenvalue weighted by atomic mass is 9.75. The average molecular weight is 289 g/mol. The van der Waals surface area contributed by atoms with Gasteiger partial charge < -0.3 is 5.32 Å². The fourth-order valence-electron chi connectivity index (χ4n) is 4.13. The Bertz CT molecular complexity index is 445. The molecule has 2 saturated carbocycles. The van der Waals surface area contributed by atoms with Gasteiger partial charge in [0.1, 0.15) is 5.82 Å².